The van der Waals surface area contributed by atoms with Crippen LogP contribution in [0.4, 0.5) is 11.5 Å². The van der Waals surface area contributed by atoms with Crippen LogP contribution in [0.5, 0.6) is 11.6 Å². The molecule has 2 aliphatic rings. The molecule has 1 saturated heterocycles. The van der Waals surface area contributed by atoms with Gasteiger partial charge in [-0.2, -0.15) is 4.98 Å². The fourth-order valence-electron chi connectivity index (χ4n) is 5.03. The van der Waals surface area contributed by atoms with Crippen LogP contribution < -0.4 is 9.64 Å². The lowest BCUT2D eigenvalue weighted by atomic mass is 9.65. The number of pyridine rings is 1. The molecule has 2 atom stereocenters. The highest BCUT2D eigenvalue weighted by molar-refractivity contribution is 5.64. The van der Waals surface area contributed by atoms with Gasteiger partial charge in [0.25, 0.3) is 0 Å². The number of hydrogen-bond acceptors (Lipinski definition) is 7. The predicted octanol–water partition coefficient (Wildman–Crippen LogP) is 3.98. The smallest absolute Gasteiger partial charge is 0.373 e. The van der Waals surface area contributed by atoms with Crippen molar-refractivity contribution in [2.24, 2.45) is 10.8 Å². The Balaban J connectivity index is 1.73. The first-order valence-electron chi connectivity index (χ1n) is 9.10. The molecule has 2 aromatic heterocycles. The summed E-state index contributed by atoms with van der Waals surface area (Å²) in [7, 11) is 0. The zero-order valence-corrected chi connectivity index (χ0v) is 15.8. The van der Waals surface area contributed by atoms with Crippen molar-refractivity contribution in [1.29, 1.82) is 0 Å². The fraction of sp³-hybridized carbons (Fsp3) is 0.526. The minimum atomic E-state index is -0.448. The SMILES string of the molecule is CC1(C)CC2CC(C)(CN2c2ncnc(Oc3cccnc3)c2[N+](=O)[O-])C1. The van der Waals surface area contributed by atoms with Gasteiger partial charge >= 0.3 is 11.6 Å². The third-order valence-corrected chi connectivity index (χ3v) is 5.49. The number of nitrogens with zero attached hydrogens (tertiary/aromatic N) is 5. The van der Waals surface area contributed by atoms with E-state index in [1.54, 1.807) is 18.3 Å². The average Bonchev–Trinajstić information content (AvgIpc) is 2.84. The summed E-state index contributed by atoms with van der Waals surface area (Å²) in [6.07, 6.45) is 7.56. The molecule has 142 valence electrons. The number of fused-ring (bicyclic) bond motifs is 2. The predicted molar refractivity (Wildman–Crippen MR) is 99.9 cm³/mol. The van der Waals surface area contributed by atoms with Crippen molar-refractivity contribution in [3.63, 3.8) is 0 Å². The van der Waals surface area contributed by atoms with Crippen LogP contribution in [-0.2, 0) is 0 Å². The van der Waals surface area contributed by atoms with E-state index in [0.29, 0.717) is 11.6 Å². The lowest BCUT2D eigenvalue weighted by Gasteiger charge is -2.39. The Labute approximate surface area is 157 Å². The Bertz CT molecular complexity index is 873. The van der Waals surface area contributed by atoms with Crippen molar-refractivity contribution in [3.8, 4) is 11.6 Å². The van der Waals surface area contributed by atoms with Crippen LogP contribution in [0.2, 0.25) is 0 Å². The Morgan fingerprint density at radius 2 is 2.11 bits per heavy atom. The van der Waals surface area contributed by atoms with Gasteiger partial charge in [-0.1, -0.05) is 20.8 Å². The van der Waals surface area contributed by atoms with Crippen LogP contribution in [0.25, 0.3) is 0 Å². The molecule has 27 heavy (non-hydrogen) atoms. The second kappa shape index (κ2) is 6.14. The van der Waals surface area contributed by atoms with Crippen molar-refractivity contribution in [1.82, 2.24) is 15.0 Å². The Morgan fingerprint density at radius 3 is 2.81 bits per heavy atom. The summed E-state index contributed by atoms with van der Waals surface area (Å²) in [5.74, 6) is 0.697. The molecule has 0 spiro atoms. The highest BCUT2D eigenvalue weighted by Gasteiger charge is 2.51. The fourth-order valence-corrected chi connectivity index (χ4v) is 5.03. The van der Waals surface area contributed by atoms with Gasteiger partial charge in [-0.05, 0) is 42.2 Å². The third kappa shape index (κ3) is 3.31. The monoisotopic (exact) mass is 369 g/mol. The molecule has 1 aliphatic heterocycles. The molecule has 0 aromatic carbocycles. The van der Waals surface area contributed by atoms with E-state index in [4.69, 9.17) is 4.74 Å². The van der Waals surface area contributed by atoms with Crippen LogP contribution in [0.3, 0.4) is 0 Å². The second-order valence-electron chi connectivity index (χ2n) is 8.74. The molecule has 3 heterocycles. The zero-order valence-electron chi connectivity index (χ0n) is 15.8. The topological polar surface area (TPSA) is 94.3 Å². The number of rotatable bonds is 4. The van der Waals surface area contributed by atoms with E-state index in [9.17, 15) is 10.1 Å². The first-order chi connectivity index (χ1) is 12.8. The van der Waals surface area contributed by atoms with E-state index in [1.807, 2.05) is 0 Å². The number of nitro groups is 1. The van der Waals surface area contributed by atoms with Gasteiger partial charge in [-0.25, -0.2) is 4.98 Å². The van der Waals surface area contributed by atoms with Crippen molar-refractivity contribution in [3.05, 3.63) is 41.0 Å². The van der Waals surface area contributed by atoms with Gasteiger partial charge in [0.15, 0.2) is 0 Å². The van der Waals surface area contributed by atoms with Crippen LogP contribution in [0.15, 0.2) is 30.9 Å². The largest absolute Gasteiger partial charge is 0.432 e. The molecule has 8 nitrogen and oxygen atoms in total. The molecule has 0 radical (unpaired) electrons. The standard InChI is InChI=1S/C19H23N5O3/c1-18(2)7-13-8-19(3,10-18)11-23(13)16-15(24(25)26)17(22-12-21-16)27-14-5-4-6-20-9-14/h4-6,9,12-13H,7-8,10-11H2,1-3H3. The molecule has 0 N–H and O–H groups in total. The van der Waals surface area contributed by atoms with E-state index in [2.05, 4.69) is 40.6 Å². The summed E-state index contributed by atoms with van der Waals surface area (Å²) in [6.45, 7) is 7.56. The average molecular weight is 369 g/mol. The molecular weight excluding hydrogens is 346 g/mol. The van der Waals surface area contributed by atoms with Gasteiger partial charge in [0.2, 0.25) is 5.82 Å². The minimum absolute atomic E-state index is 0.0520. The lowest BCUT2D eigenvalue weighted by Crippen LogP contribution is -2.35. The lowest BCUT2D eigenvalue weighted by molar-refractivity contribution is -0.385. The van der Waals surface area contributed by atoms with E-state index in [1.165, 1.54) is 12.5 Å². The summed E-state index contributed by atoms with van der Waals surface area (Å²) in [5.41, 5.74) is 0.161. The second-order valence-corrected chi connectivity index (χ2v) is 8.74. The van der Waals surface area contributed by atoms with Gasteiger partial charge in [0, 0.05) is 18.8 Å². The number of hydrogen-bond donors (Lipinski definition) is 0. The summed E-state index contributed by atoms with van der Waals surface area (Å²) < 4.78 is 5.67. The molecule has 1 saturated carbocycles. The minimum Gasteiger partial charge on any atom is -0.432 e. The maximum atomic E-state index is 11.9. The zero-order chi connectivity index (χ0) is 19.2. The van der Waals surface area contributed by atoms with E-state index in [-0.39, 0.29) is 28.4 Å². The Hall–Kier alpha value is -2.77. The van der Waals surface area contributed by atoms with Crippen LogP contribution >= 0.6 is 0 Å². The van der Waals surface area contributed by atoms with Crippen molar-refractivity contribution in [2.75, 3.05) is 11.4 Å². The normalized spacial score (nSPS) is 26.0. The van der Waals surface area contributed by atoms with Gasteiger partial charge < -0.3 is 9.64 Å². The highest BCUT2D eigenvalue weighted by atomic mass is 16.6. The van der Waals surface area contributed by atoms with Crippen LogP contribution in [0.1, 0.15) is 40.0 Å². The first kappa shape index (κ1) is 17.6. The summed E-state index contributed by atoms with van der Waals surface area (Å²) in [6, 6.07) is 3.62. The van der Waals surface area contributed by atoms with Gasteiger partial charge in [0.1, 0.15) is 12.1 Å². The quantitative estimate of drug-likeness (QED) is 0.594. The molecule has 2 fully saturated rings. The maximum Gasteiger partial charge on any atom is 0.373 e. The van der Waals surface area contributed by atoms with Gasteiger partial charge in [-0.15, -0.1) is 0 Å². The molecule has 2 unspecified atom stereocenters. The molecule has 2 aromatic rings. The maximum absolute atomic E-state index is 11.9. The van der Waals surface area contributed by atoms with Crippen molar-refractivity contribution in [2.45, 2.75) is 46.1 Å². The summed E-state index contributed by atoms with van der Waals surface area (Å²) in [5, 5.41) is 11.9. The molecule has 1 aliphatic carbocycles. The van der Waals surface area contributed by atoms with Gasteiger partial charge in [0.05, 0.1) is 11.1 Å². The molecule has 8 heteroatoms. The first-order valence-corrected chi connectivity index (χ1v) is 9.10. The van der Waals surface area contributed by atoms with Crippen LogP contribution in [-0.4, -0.2) is 32.5 Å². The number of aromatic nitrogens is 3. The third-order valence-electron chi connectivity index (χ3n) is 5.49. The Kier molecular flexibility index (Phi) is 4.01. The molecular formula is C19H23N5O3. The van der Waals surface area contributed by atoms with Crippen molar-refractivity contribution < 1.29 is 9.66 Å². The summed E-state index contributed by atoms with van der Waals surface area (Å²) in [4.78, 5) is 25.8. The van der Waals surface area contributed by atoms with Gasteiger partial charge in [-0.3, -0.25) is 15.1 Å². The molecule has 4 rings (SSSR count). The molecule has 2 bridgehead atoms. The molecule has 0 amide bonds. The Morgan fingerprint density at radius 1 is 1.30 bits per heavy atom. The van der Waals surface area contributed by atoms with E-state index >= 15 is 0 Å². The number of ether oxygens (including phenoxy) is 1. The van der Waals surface area contributed by atoms with Crippen LogP contribution in [0, 0.1) is 20.9 Å². The summed E-state index contributed by atoms with van der Waals surface area (Å²) >= 11 is 0. The van der Waals surface area contributed by atoms with Crippen molar-refractivity contribution >= 4 is 11.5 Å². The van der Waals surface area contributed by atoms with E-state index < -0.39 is 4.92 Å². The number of anilines is 1. The highest BCUT2D eigenvalue weighted by Crippen LogP contribution is 2.54. The van der Waals surface area contributed by atoms with E-state index in [0.717, 1.165) is 25.8 Å².